The Morgan fingerprint density at radius 2 is 1.35 bits per heavy atom. The van der Waals surface area contributed by atoms with Gasteiger partial charge in [-0.3, -0.25) is 14.4 Å². The van der Waals surface area contributed by atoms with Gasteiger partial charge >= 0.3 is 0 Å². The van der Waals surface area contributed by atoms with E-state index in [1.54, 1.807) is 42.5 Å². The molecule has 0 aromatic heterocycles. The minimum absolute atomic E-state index is 0.0368. The van der Waals surface area contributed by atoms with Gasteiger partial charge in [-0.15, -0.1) is 0 Å². The Bertz CT molecular complexity index is 956. The molecule has 0 radical (unpaired) electrons. The quantitative estimate of drug-likeness (QED) is 0.557. The Hall–Kier alpha value is -3.35. The Morgan fingerprint density at radius 3 is 1.97 bits per heavy atom. The van der Waals surface area contributed by atoms with E-state index in [0.717, 1.165) is 0 Å². The molecule has 7 nitrogen and oxygen atoms in total. The summed E-state index contributed by atoms with van der Waals surface area (Å²) in [5, 5.41) is 11.6. The van der Waals surface area contributed by atoms with Gasteiger partial charge < -0.3 is 21.3 Å². The van der Waals surface area contributed by atoms with Gasteiger partial charge in [-0.25, -0.2) is 0 Å². The lowest BCUT2D eigenvalue weighted by atomic mass is 9.95. The Balaban J connectivity index is 1.94. The topological polar surface area (TPSA) is 99.3 Å². The second-order valence-corrected chi connectivity index (χ2v) is 9.47. The maximum atomic E-state index is 12.3. The summed E-state index contributed by atoms with van der Waals surface area (Å²) in [6.07, 6.45) is 0. The molecule has 166 valence electrons. The van der Waals surface area contributed by atoms with Gasteiger partial charge in [-0.1, -0.05) is 32.9 Å². The van der Waals surface area contributed by atoms with Gasteiger partial charge in [-0.2, -0.15) is 0 Å². The number of benzene rings is 2. The molecule has 2 aromatic carbocycles. The van der Waals surface area contributed by atoms with Crippen LogP contribution in [0.2, 0.25) is 0 Å². The average molecular weight is 425 g/mol. The highest BCUT2D eigenvalue weighted by Crippen LogP contribution is 2.20. The number of amides is 3. The van der Waals surface area contributed by atoms with Crippen LogP contribution in [0.1, 0.15) is 51.9 Å². The van der Waals surface area contributed by atoms with E-state index in [0.29, 0.717) is 22.6 Å². The van der Waals surface area contributed by atoms with E-state index in [4.69, 9.17) is 0 Å². The van der Waals surface area contributed by atoms with Crippen LogP contribution in [0.15, 0.2) is 48.5 Å². The molecule has 0 spiro atoms. The summed E-state index contributed by atoms with van der Waals surface area (Å²) in [4.78, 5) is 36.8. The van der Waals surface area contributed by atoms with Gasteiger partial charge in [0, 0.05) is 33.6 Å². The number of nitrogens with one attached hydrogen (secondary N) is 4. The maximum absolute atomic E-state index is 12.3. The van der Waals surface area contributed by atoms with E-state index in [1.165, 1.54) is 0 Å². The maximum Gasteiger partial charge on any atom is 0.251 e. The van der Waals surface area contributed by atoms with Crippen LogP contribution in [0.3, 0.4) is 0 Å². The van der Waals surface area contributed by atoms with Gasteiger partial charge in [0.15, 0.2) is 0 Å². The van der Waals surface area contributed by atoms with Crippen molar-refractivity contribution in [2.45, 2.75) is 47.1 Å². The lowest BCUT2D eigenvalue weighted by Crippen LogP contribution is -2.40. The zero-order valence-electron chi connectivity index (χ0n) is 19.1. The minimum atomic E-state index is -0.498. The van der Waals surface area contributed by atoms with Crippen molar-refractivity contribution in [3.8, 4) is 0 Å². The fourth-order valence-electron chi connectivity index (χ4n) is 2.56. The normalized spacial score (nSPS) is 11.4. The first-order valence-electron chi connectivity index (χ1n) is 10.2. The van der Waals surface area contributed by atoms with Crippen molar-refractivity contribution in [1.29, 1.82) is 0 Å². The summed E-state index contributed by atoms with van der Waals surface area (Å²) in [6, 6.07) is 14.0. The van der Waals surface area contributed by atoms with Crippen molar-refractivity contribution in [3.63, 3.8) is 0 Å². The first kappa shape index (κ1) is 23.9. The Labute approximate surface area is 184 Å². The molecule has 0 heterocycles. The molecule has 0 aliphatic rings. The molecule has 0 fully saturated rings. The fraction of sp³-hybridized carbons (Fsp3) is 0.375. The molecule has 3 amide bonds. The number of hydrogen-bond acceptors (Lipinski definition) is 4. The van der Waals surface area contributed by atoms with Crippen molar-refractivity contribution in [2.75, 3.05) is 22.5 Å². The molecule has 0 bridgehead atoms. The fourth-order valence-corrected chi connectivity index (χ4v) is 2.56. The monoisotopic (exact) mass is 424 g/mol. The molecule has 2 aromatic rings. The molecule has 0 aliphatic heterocycles. The molecule has 0 aliphatic carbocycles. The van der Waals surface area contributed by atoms with Gasteiger partial charge in [0.25, 0.3) is 5.91 Å². The number of anilines is 3. The van der Waals surface area contributed by atoms with Crippen molar-refractivity contribution >= 4 is 34.8 Å². The minimum Gasteiger partial charge on any atom is -0.376 e. The molecular formula is C24H32N4O3. The second-order valence-electron chi connectivity index (χ2n) is 9.47. The molecule has 0 atom stereocenters. The third-order valence-electron chi connectivity index (χ3n) is 4.15. The number of rotatable bonds is 6. The molecule has 4 N–H and O–H groups in total. The van der Waals surface area contributed by atoms with Crippen LogP contribution in [0.5, 0.6) is 0 Å². The SMILES string of the molecule is CC(C)(C)NC(=O)c1cccc(NC(=O)CNc2cccc(NC(=O)C(C)(C)C)c2)c1. The van der Waals surface area contributed by atoms with Gasteiger partial charge in [0.2, 0.25) is 11.8 Å². The standard InChI is InChI=1S/C24H32N4O3/c1-23(2,3)22(31)27-19-12-8-10-17(14-19)25-15-20(29)26-18-11-7-9-16(13-18)21(30)28-24(4,5)6/h7-14,25H,15H2,1-6H3,(H,26,29)(H,27,31)(H,28,30). The number of carbonyl (C=O) groups is 3. The highest BCUT2D eigenvalue weighted by atomic mass is 16.2. The first-order chi connectivity index (χ1) is 14.3. The van der Waals surface area contributed by atoms with E-state index in [-0.39, 0.29) is 29.8 Å². The largest absolute Gasteiger partial charge is 0.376 e. The first-order valence-corrected chi connectivity index (χ1v) is 10.2. The van der Waals surface area contributed by atoms with Crippen LogP contribution in [0, 0.1) is 5.41 Å². The molecule has 0 saturated heterocycles. The summed E-state index contributed by atoms with van der Waals surface area (Å²) in [6.45, 7) is 11.3. The number of carbonyl (C=O) groups excluding carboxylic acids is 3. The van der Waals surface area contributed by atoms with Crippen molar-refractivity contribution in [1.82, 2.24) is 5.32 Å². The van der Waals surface area contributed by atoms with E-state index in [9.17, 15) is 14.4 Å². The van der Waals surface area contributed by atoms with Crippen LogP contribution in [0.25, 0.3) is 0 Å². The summed E-state index contributed by atoms with van der Waals surface area (Å²) in [7, 11) is 0. The summed E-state index contributed by atoms with van der Waals surface area (Å²) >= 11 is 0. The number of hydrogen-bond donors (Lipinski definition) is 4. The van der Waals surface area contributed by atoms with Gasteiger partial charge in [-0.05, 0) is 57.2 Å². The van der Waals surface area contributed by atoms with Crippen molar-refractivity contribution in [3.05, 3.63) is 54.1 Å². The molecule has 0 saturated carbocycles. The Kier molecular flexibility index (Phi) is 7.44. The van der Waals surface area contributed by atoms with Crippen molar-refractivity contribution in [2.24, 2.45) is 5.41 Å². The van der Waals surface area contributed by atoms with E-state index in [1.807, 2.05) is 47.6 Å². The molecule has 2 rings (SSSR count). The van der Waals surface area contributed by atoms with Crippen LogP contribution in [0.4, 0.5) is 17.1 Å². The zero-order chi connectivity index (χ0) is 23.2. The predicted molar refractivity (Wildman–Crippen MR) is 125 cm³/mol. The third-order valence-corrected chi connectivity index (χ3v) is 4.15. The van der Waals surface area contributed by atoms with Crippen LogP contribution in [-0.4, -0.2) is 29.8 Å². The summed E-state index contributed by atoms with van der Waals surface area (Å²) in [5.41, 5.74) is 1.54. The molecule has 0 unspecified atom stereocenters. The van der Waals surface area contributed by atoms with Crippen molar-refractivity contribution < 1.29 is 14.4 Å². The van der Waals surface area contributed by atoms with E-state index >= 15 is 0 Å². The molecule has 31 heavy (non-hydrogen) atoms. The van der Waals surface area contributed by atoms with Crippen LogP contribution < -0.4 is 21.3 Å². The van der Waals surface area contributed by atoms with Gasteiger partial charge in [0.1, 0.15) is 0 Å². The van der Waals surface area contributed by atoms with Gasteiger partial charge in [0.05, 0.1) is 6.54 Å². The lowest BCUT2D eigenvalue weighted by Gasteiger charge is -2.20. The van der Waals surface area contributed by atoms with E-state index < -0.39 is 5.41 Å². The lowest BCUT2D eigenvalue weighted by molar-refractivity contribution is -0.123. The van der Waals surface area contributed by atoms with E-state index in [2.05, 4.69) is 21.3 Å². The highest BCUT2D eigenvalue weighted by Gasteiger charge is 2.21. The second kappa shape index (κ2) is 9.64. The highest BCUT2D eigenvalue weighted by molar-refractivity contribution is 5.98. The predicted octanol–water partition coefficient (Wildman–Crippen LogP) is 4.25. The van der Waals surface area contributed by atoms with Crippen LogP contribution >= 0.6 is 0 Å². The smallest absolute Gasteiger partial charge is 0.251 e. The summed E-state index contributed by atoms with van der Waals surface area (Å²) < 4.78 is 0. The van der Waals surface area contributed by atoms with Crippen LogP contribution in [-0.2, 0) is 9.59 Å². The average Bonchev–Trinajstić information content (AvgIpc) is 2.65. The molecule has 7 heteroatoms. The molecular weight excluding hydrogens is 392 g/mol. The summed E-state index contributed by atoms with van der Waals surface area (Å²) in [5.74, 6) is -0.536. The zero-order valence-corrected chi connectivity index (χ0v) is 19.1. The third kappa shape index (κ3) is 8.12. The Morgan fingerprint density at radius 1 is 0.774 bits per heavy atom.